The first kappa shape index (κ1) is 18.2. The molecule has 2 unspecified atom stereocenters. The van der Waals surface area contributed by atoms with Gasteiger partial charge < -0.3 is 5.73 Å². The first-order chi connectivity index (χ1) is 12.9. The van der Waals surface area contributed by atoms with Crippen LogP contribution in [0.5, 0.6) is 0 Å². The monoisotopic (exact) mass is 401 g/mol. The second kappa shape index (κ2) is 6.77. The number of hydrogen-bond donors (Lipinski definition) is 1. The minimum absolute atomic E-state index is 0.215. The van der Waals surface area contributed by atoms with E-state index in [0.29, 0.717) is 32.5 Å². The maximum atomic E-state index is 13.5. The van der Waals surface area contributed by atoms with Gasteiger partial charge in [0.05, 0.1) is 10.4 Å². The third-order valence-electron chi connectivity index (χ3n) is 5.28. The molecule has 140 valence electrons. The van der Waals surface area contributed by atoms with Crippen molar-refractivity contribution in [2.24, 2.45) is 11.7 Å². The topological polar surface area (TPSA) is 78.0 Å². The van der Waals surface area contributed by atoms with Crippen LogP contribution in [0.1, 0.15) is 36.8 Å². The summed E-state index contributed by atoms with van der Waals surface area (Å²) in [5.41, 5.74) is 7.03. The molecule has 0 radical (unpaired) electrons. The van der Waals surface area contributed by atoms with E-state index in [0.717, 1.165) is 24.8 Å². The molecule has 2 atom stereocenters. The molecule has 0 saturated heterocycles. The maximum Gasteiger partial charge on any atom is 0.263 e. The molecule has 2 heterocycles. The van der Waals surface area contributed by atoms with Crippen LogP contribution in [0.2, 0.25) is 5.02 Å². The van der Waals surface area contributed by atoms with Gasteiger partial charge in [0.2, 0.25) is 5.91 Å². The first-order valence-corrected chi connectivity index (χ1v) is 10.2. The summed E-state index contributed by atoms with van der Waals surface area (Å²) in [6, 6.07) is 6.37. The van der Waals surface area contributed by atoms with E-state index < -0.39 is 11.9 Å². The standard InChI is InChI=1S/C20H20ClN3O2S/c1-10-7-8-13-15(9-10)27-19-16(13)20(26)24(11(2)17(22)25)18(23-19)12-5-3-4-6-14(12)21/h3-6,10-11H,7-9H2,1-2H3,(H2,22,25). The lowest BCUT2D eigenvalue weighted by molar-refractivity contribution is -0.120. The smallest absolute Gasteiger partial charge is 0.263 e. The van der Waals surface area contributed by atoms with Gasteiger partial charge >= 0.3 is 0 Å². The zero-order valence-corrected chi connectivity index (χ0v) is 16.7. The summed E-state index contributed by atoms with van der Waals surface area (Å²) in [7, 11) is 0. The lowest BCUT2D eigenvalue weighted by Crippen LogP contribution is -2.34. The van der Waals surface area contributed by atoms with E-state index in [4.69, 9.17) is 22.3 Å². The Hall–Kier alpha value is -2.18. The molecule has 7 heteroatoms. The lowest BCUT2D eigenvalue weighted by atomic mass is 9.89. The van der Waals surface area contributed by atoms with Crippen LogP contribution in [0.25, 0.3) is 21.6 Å². The summed E-state index contributed by atoms with van der Waals surface area (Å²) in [6.07, 6.45) is 2.88. The number of benzene rings is 1. The molecule has 0 saturated carbocycles. The number of hydrogen-bond acceptors (Lipinski definition) is 4. The zero-order chi connectivity index (χ0) is 19.3. The molecule has 1 amide bonds. The average molecular weight is 402 g/mol. The van der Waals surface area contributed by atoms with Gasteiger partial charge in [-0.1, -0.05) is 30.7 Å². The molecule has 0 spiro atoms. The first-order valence-electron chi connectivity index (χ1n) is 8.99. The molecule has 0 fully saturated rings. The number of carbonyl (C=O) groups excluding carboxylic acids is 1. The van der Waals surface area contributed by atoms with Crippen LogP contribution in [-0.2, 0) is 17.6 Å². The number of aromatic nitrogens is 2. The second-order valence-corrected chi connectivity index (χ2v) is 8.69. The molecule has 0 bridgehead atoms. The van der Waals surface area contributed by atoms with Gasteiger partial charge in [0, 0.05) is 10.4 Å². The minimum atomic E-state index is -0.821. The van der Waals surface area contributed by atoms with Crippen LogP contribution in [0.4, 0.5) is 0 Å². The van der Waals surface area contributed by atoms with E-state index in [1.807, 2.05) is 12.1 Å². The molecule has 0 aliphatic heterocycles. The fourth-order valence-corrected chi connectivity index (χ4v) is 5.31. The summed E-state index contributed by atoms with van der Waals surface area (Å²) in [5, 5.41) is 1.11. The highest BCUT2D eigenvalue weighted by Crippen LogP contribution is 2.37. The number of halogens is 1. The van der Waals surface area contributed by atoms with Crippen LogP contribution in [-0.4, -0.2) is 15.5 Å². The number of rotatable bonds is 3. The van der Waals surface area contributed by atoms with Gasteiger partial charge in [-0.25, -0.2) is 4.98 Å². The predicted molar refractivity (Wildman–Crippen MR) is 109 cm³/mol. The number of primary amides is 1. The lowest BCUT2D eigenvalue weighted by Gasteiger charge is -2.19. The quantitative estimate of drug-likeness (QED) is 0.721. The molecule has 2 N–H and O–H groups in total. The van der Waals surface area contributed by atoms with Crippen LogP contribution >= 0.6 is 22.9 Å². The third-order valence-corrected chi connectivity index (χ3v) is 6.75. The number of aryl methyl sites for hydroxylation is 1. The van der Waals surface area contributed by atoms with Crippen molar-refractivity contribution in [3.8, 4) is 11.4 Å². The van der Waals surface area contributed by atoms with Crippen LogP contribution in [0.15, 0.2) is 29.1 Å². The molecular weight excluding hydrogens is 382 g/mol. The van der Waals surface area contributed by atoms with E-state index in [9.17, 15) is 9.59 Å². The summed E-state index contributed by atoms with van der Waals surface area (Å²) >= 11 is 7.95. The summed E-state index contributed by atoms with van der Waals surface area (Å²) in [4.78, 5) is 32.1. The van der Waals surface area contributed by atoms with Gasteiger partial charge in [-0.3, -0.25) is 14.2 Å². The van der Waals surface area contributed by atoms with Crippen molar-refractivity contribution >= 4 is 39.1 Å². The number of nitrogens with zero attached hydrogens (tertiary/aromatic N) is 2. The van der Waals surface area contributed by atoms with Crippen molar-refractivity contribution in [1.82, 2.24) is 9.55 Å². The Bertz CT molecular complexity index is 1120. The zero-order valence-electron chi connectivity index (χ0n) is 15.2. The molecule has 5 nitrogen and oxygen atoms in total. The molecular formula is C20H20ClN3O2S. The number of amides is 1. The maximum absolute atomic E-state index is 13.5. The van der Waals surface area contributed by atoms with E-state index in [2.05, 4.69) is 6.92 Å². The minimum Gasteiger partial charge on any atom is -0.368 e. The summed E-state index contributed by atoms with van der Waals surface area (Å²) in [6.45, 7) is 3.85. The fraction of sp³-hybridized carbons (Fsp3) is 0.350. The predicted octanol–water partition coefficient (Wildman–Crippen LogP) is 3.95. The van der Waals surface area contributed by atoms with Crippen molar-refractivity contribution in [3.63, 3.8) is 0 Å². The number of nitrogens with two attached hydrogens (primary N) is 1. The molecule has 2 aromatic heterocycles. The summed E-state index contributed by atoms with van der Waals surface area (Å²) < 4.78 is 1.40. The Kier molecular flexibility index (Phi) is 4.56. The number of fused-ring (bicyclic) bond motifs is 3. The van der Waals surface area contributed by atoms with Gasteiger partial charge in [-0.2, -0.15) is 0 Å². The van der Waals surface area contributed by atoms with E-state index in [1.165, 1.54) is 9.44 Å². The molecule has 4 rings (SSSR count). The van der Waals surface area contributed by atoms with Gasteiger partial charge in [-0.15, -0.1) is 11.3 Å². The highest BCUT2D eigenvalue weighted by molar-refractivity contribution is 7.18. The summed E-state index contributed by atoms with van der Waals surface area (Å²) in [5.74, 6) is 0.403. The van der Waals surface area contributed by atoms with E-state index in [1.54, 1.807) is 30.4 Å². The van der Waals surface area contributed by atoms with E-state index >= 15 is 0 Å². The Morgan fingerprint density at radius 3 is 2.85 bits per heavy atom. The average Bonchev–Trinajstić information content (AvgIpc) is 2.99. The van der Waals surface area contributed by atoms with E-state index in [-0.39, 0.29) is 5.56 Å². The Morgan fingerprint density at radius 2 is 2.15 bits per heavy atom. The largest absolute Gasteiger partial charge is 0.368 e. The fourth-order valence-electron chi connectivity index (χ4n) is 3.72. The van der Waals surface area contributed by atoms with Crippen LogP contribution in [0, 0.1) is 5.92 Å². The van der Waals surface area contributed by atoms with Crippen molar-refractivity contribution in [2.45, 2.75) is 39.2 Å². The highest BCUT2D eigenvalue weighted by atomic mass is 35.5. The SMILES string of the molecule is CC1CCc2c(sc3nc(-c4ccccc4Cl)n(C(C)C(N)=O)c(=O)c23)C1. The normalized spacial score (nSPS) is 17.7. The Labute approximate surface area is 165 Å². The molecule has 27 heavy (non-hydrogen) atoms. The Morgan fingerprint density at radius 1 is 1.41 bits per heavy atom. The van der Waals surface area contributed by atoms with Crippen molar-refractivity contribution < 1.29 is 4.79 Å². The van der Waals surface area contributed by atoms with Crippen molar-refractivity contribution in [1.29, 1.82) is 0 Å². The van der Waals surface area contributed by atoms with Crippen molar-refractivity contribution in [3.05, 3.63) is 50.1 Å². The van der Waals surface area contributed by atoms with Gasteiger partial charge in [-0.05, 0) is 49.8 Å². The number of thiophene rings is 1. The van der Waals surface area contributed by atoms with Crippen molar-refractivity contribution in [2.75, 3.05) is 0 Å². The van der Waals surface area contributed by atoms with Crippen LogP contribution < -0.4 is 11.3 Å². The molecule has 1 aliphatic rings. The van der Waals surface area contributed by atoms with Gasteiger partial charge in [0.25, 0.3) is 5.56 Å². The van der Waals surface area contributed by atoms with Gasteiger partial charge in [0.1, 0.15) is 16.7 Å². The molecule has 3 aromatic rings. The Balaban J connectivity index is 2.08. The second-order valence-electron chi connectivity index (χ2n) is 7.20. The molecule has 1 aliphatic carbocycles. The molecule has 1 aromatic carbocycles. The number of carbonyl (C=O) groups is 1. The van der Waals surface area contributed by atoms with Crippen LogP contribution in [0.3, 0.4) is 0 Å². The highest BCUT2D eigenvalue weighted by Gasteiger charge is 2.27. The van der Waals surface area contributed by atoms with Gasteiger partial charge in [0.15, 0.2) is 0 Å². The third kappa shape index (κ3) is 2.97.